The van der Waals surface area contributed by atoms with Crippen LogP contribution in [0.1, 0.15) is 42.7 Å². The lowest BCUT2D eigenvalue weighted by molar-refractivity contribution is 0.0528. The molecule has 1 aromatic rings. The first-order valence-electron chi connectivity index (χ1n) is 5.92. The first-order valence-corrected chi connectivity index (χ1v) is 6.80. The van der Waals surface area contributed by atoms with Crippen LogP contribution in [0.4, 0.5) is 4.79 Å². The monoisotopic (exact) mass is 296 g/mol. The Balaban J connectivity index is 2.33. The van der Waals surface area contributed by atoms with Crippen LogP contribution < -0.4 is 5.32 Å². The minimum absolute atomic E-state index is 0.00817. The Kier molecular flexibility index (Phi) is 5.53. The summed E-state index contributed by atoms with van der Waals surface area (Å²) in [4.78, 5) is 25.8. The van der Waals surface area contributed by atoms with Crippen LogP contribution in [0.3, 0.4) is 0 Å². The summed E-state index contributed by atoms with van der Waals surface area (Å²) in [5.41, 5.74) is -0.532. The molecular weight excluding hydrogens is 280 g/mol. The molecule has 2 N–H and O–H groups in total. The van der Waals surface area contributed by atoms with E-state index in [0.29, 0.717) is 18.0 Å². The zero-order valence-electron chi connectivity index (χ0n) is 11.5. The molecule has 0 aliphatic rings. The van der Waals surface area contributed by atoms with Gasteiger partial charge in [0.15, 0.2) is 10.7 Å². The number of carbonyl (C=O) groups excluding carboxylic acids is 1. The lowest BCUT2D eigenvalue weighted by atomic mass is 10.2. The maximum Gasteiger partial charge on any atom is 0.407 e. The van der Waals surface area contributed by atoms with Gasteiger partial charge in [0, 0.05) is 18.3 Å². The normalized spacial score (nSPS) is 10.3. The summed E-state index contributed by atoms with van der Waals surface area (Å²) >= 11 is 1.17. The van der Waals surface area contributed by atoms with E-state index in [4.69, 9.17) is 9.84 Å². The van der Waals surface area contributed by atoms with E-state index in [2.05, 4.69) is 22.1 Å². The summed E-state index contributed by atoms with van der Waals surface area (Å²) in [6, 6.07) is 0. The van der Waals surface area contributed by atoms with Crippen molar-refractivity contribution in [2.45, 2.75) is 32.8 Å². The Morgan fingerprint density at radius 3 is 2.75 bits per heavy atom. The Morgan fingerprint density at radius 1 is 1.50 bits per heavy atom. The zero-order chi connectivity index (χ0) is 15.2. The molecular formula is C13H16N2O4S. The van der Waals surface area contributed by atoms with Crippen LogP contribution in [0.15, 0.2) is 5.38 Å². The molecule has 20 heavy (non-hydrogen) atoms. The molecule has 1 rings (SSSR count). The number of hydrogen-bond donors (Lipinski definition) is 2. The minimum atomic E-state index is -1.07. The first kappa shape index (κ1) is 16.0. The van der Waals surface area contributed by atoms with Crippen molar-refractivity contribution >= 4 is 23.4 Å². The summed E-state index contributed by atoms with van der Waals surface area (Å²) in [6.45, 7) is 5.72. The number of aromatic carboxylic acids is 1. The second-order valence-electron chi connectivity index (χ2n) is 4.82. The second kappa shape index (κ2) is 6.91. The van der Waals surface area contributed by atoms with Crippen molar-refractivity contribution in [2.75, 3.05) is 6.54 Å². The molecule has 6 nitrogen and oxygen atoms in total. The average Bonchev–Trinajstić information content (AvgIpc) is 2.75. The fourth-order valence-corrected chi connectivity index (χ4v) is 1.77. The molecule has 0 fully saturated rings. The molecule has 7 heteroatoms. The summed E-state index contributed by atoms with van der Waals surface area (Å²) in [7, 11) is 0. The fraction of sp³-hybridized carbons (Fsp3) is 0.462. The maximum atomic E-state index is 11.3. The van der Waals surface area contributed by atoms with E-state index in [1.54, 1.807) is 20.8 Å². The molecule has 0 aromatic carbocycles. The number of alkyl carbamates (subject to hydrolysis) is 1. The molecule has 0 spiro atoms. The van der Waals surface area contributed by atoms with Crippen molar-refractivity contribution in [3.63, 3.8) is 0 Å². The number of hydrogen-bond acceptors (Lipinski definition) is 5. The van der Waals surface area contributed by atoms with Gasteiger partial charge in [-0.2, -0.15) is 0 Å². The van der Waals surface area contributed by atoms with Crippen molar-refractivity contribution in [3.8, 4) is 11.8 Å². The molecule has 1 heterocycles. The van der Waals surface area contributed by atoms with Gasteiger partial charge in [-0.3, -0.25) is 0 Å². The minimum Gasteiger partial charge on any atom is -0.476 e. The van der Waals surface area contributed by atoms with Crippen LogP contribution in [-0.2, 0) is 4.74 Å². The fourth-order valence-electron chi connectivity index (χ4n) is 1.11. The van der Waals surface area contributed by atoms with Crippen molar-refractivity contribution in [1.82, 2.24) is 10.3 Å². The van der Waals surface area contributed by atoms with Crippen molar-refractivity contribution in [1.29, 1.82) is 0 Å². The Bertz CT molecular complexity index is 549. The highest BCUT2D eigenvalue weighted by Crippen LogP contribution is 2.08. The van der Waals surface area contributed by atoms with Crippen LogP contribution in [0, 0.1) is 11.8 Å². The predicted octanol–water partition coefficient (Wildman–Crippen LogP) is 2.11. The molecule has 0 atom stereocenters. The number of nitrogens with one attached hydrogen (secondary N) is 1. The van der Waals surface area contributed by atoms with Gasteiger partial charge >= 0.3 is 12.1 Å². The third kappa shape index (κ3) is 6.20. The summed E-state index contributed by atoms with van der Waals surface area (Å²) in [5, 5.41) is 13.2. The Morgan fingerprint density at radius 2 is 2.20 bits per heavy atom. The van der Waals surface area contributed by atoms with Crippen molar-refractivity contribution in [2.24, 2.45) is 0 Å². The molecule has 1 amide bonds. The molecule has 1 aromatic heterocycles. The largest absolute Gasteiger partial charge is 0.476 e. The molecule has 0 radical (unpaired) electrons. The molecule has 108 valence electrons. The van der Waals surface area contributed by atoms with Gasteiger partial charge in [-0.1, -0.05) is 5.92 Å². The topological polar surface area (TPSA) is 88.5 Å². The molecule has 0 aliphatic heterocycles. The van der Waals surface area contributed by atoms with Crippen molar-refractivity contribution in [3.05, 3.63) is 16.1 Å². The van der Waals surface area contributed by atoms with Gasteiger partial charge in [-0.05, 0) is 26.7 Å². The Hall–Kier alpha value is -2.07. The highest BCUT2D eigenvalue weighted by molar-refractivity contribution is 7.10. The third-order valence-electron chi connectivity index (χ3n) is 1.84. The molecule has 0 aliphatic carbocycles. The lowest BCUT2D eigenvalue weighted by Crippen LogP contribution is -2.32. The van der Waals surface area contributed by atoms with Gasteiger partial charge in [0.05, 0.1) is 0 Å². The lowest BCUT2D eigenvalue weighted by Gasteiger charge is -2.19. The van der Waals surface area contributed by atoms with Crippen LogP contribution in [0.25, 0.3) is 0 Å². The van der Waals surface area contributed by atoms with E-state index in [-0.39, 0.29) is 5.69 Å². The number of carbonyl (C=O) groups is 2. The van der Waals surface area contributed by atoms with Gasteiger partial charge < -0.3 is 15.2 Å². The maximum absolute atomic E-state index is 11.3. The SMILES string of the molecule is CC(C)(C)OC(=O)NCCC#Cc1nc(C(=O)O)cs1. The summed E-state index contributed by atoms with van der Waals surface area (Å²) in [5.74, 6) is 4.48. The smallest absolute Gasteiger partial charge is 0.407 e. The van der Waals surface area contributed by atoms with Crippen molar-refractivity contribution < 1.29 is 19.4 Å². The number of amides is 1. The van der Waals surface area contributed by atoms with Gasteiger partial charge in [-0.25, -0.2) is 14.6 Å². The van der Waals surface area contributed by atoms with E-state index in [1.807, 2.05) is 0 Å². The van der Waals surface area contributed by atoms with Crippen LogP contribution in [0.5, 0.6) is 0 Å². The zero-order valence-corrected chi connectivity index (χ0v) is 12.3. The molecule has 0 unspecified atom stereocenters. The van der Waals surface area contributed by atoms with Gasteiger partial charge in [0.1, 0.15) is 5.60 Å². The van der Waals surface area contributed by atoms with Crippen LogP contribution in [-0.4, -0.2) is 34.3 Å². The van der Waals surface area contributed by atoms with E-state index in [0.717, 1.165) is 0 Å². The molecule has 0 bridgehead atoms. The highest BCUT2D eigenvalue weighted by Gasteiger charge is 2.15. The van der Waals surface area contributed by atoms with E-state index in [1.165, 1.54) is 16.7 Å². The summed E-state index contributed by atoms with van der Waals surface area (Å²) in [6.07, 6.45) is -0.0528. The van der Waals surface area contributed by atoms with Gasteiger partial charge in [0.25, 0.3) is 0 Å². The van der Waals surface area contributed by atoms with Crippen LogP contribution >= 0.6 is 11.3 Å². The van der Waals surface area contributed by atoms with Crippen LogP contribution in [0.2, 0.25) is 0 Å². The first-order chi connectivity index (χ1) is 9.28. The summed E-state index contributed by atoms with van der Waals surface area (Å²) < 4.78 is 5.06. The van der Waals surface area contributed by atoms with E-state index < -0.39 is 17.7 Å². The number of ether oxygens (including phenoxy) is 1. The average molecular weight is 296 g/mol. The number of aromatic nitrogens is 1. The second-order valence-corrected chi connectivity index (χ2v) is 5.68. The number of rotatable bonds is 3. The number of carboxylic acid groups (broad SMARTS) is 1. The number of nitrogens with zero attached hydrogens (tertiary/aromatic N) is 1. The van der Waals surface area contributed by atoms with E-state index >= 15 is 0 Å². The number of thiazole rings is 1. The standard InChI is InChI=1S/C13H16N2O4S/c1-13(2,3)19-12(18)14-7-5-4-6-10-15-9(8-20-10)11(16)17/h8H,5,7H2,1-3H3,(H,14,18)(H,16,17). The highest BCUT2D eigenvalue weighted by atomic mass is 32.1. The quantitative estimate of drug-likeness (QED) is 0.658. The van der Waals surface area contributed by atoms with E-state index in [9.17, 15) is 9.59 Å². The molecule has 0 saturated carbocycles. The Labute approximate surface area is 121 Å². The molecule has 0 saturated heterocycles. The number of carboxylic acids is 1. The van der Waals surface area contributed by atoms with Gasteiger partial charge in [-0.15, -0.1) is 11.3 Å². The third-order valence-corrected chi connectivity index (χ3v) is 2.59. The predicted molar refractivity (Wildman–Crippen MR) is 74.8 cm³/mol. The van der Waals surface area contributed by atoms with Gasteiger partial charge in [0.2, 0.25) is 0 Å².